The zero-order chi connectivity index (χ0) is 11.5. The Labute approximate surface area is 89.4 Å². The molecule has 5 nitrogen and oxygen atoms in total. The first-order valence-corrected chi connectivity index (χ1v) is 6.15. The molecule has 0 radical (unpaired) electrons. The van der Waals surface area contributed by atoms with Crippen LogP contribution in [0.15, 0.2) is 24.1 Å². The Hall–Kier alpha value is -1.14. The fraction of sp³-hybridized carbons (Fsp3) is 0.444. The highest BCUT2D eigenvalue weighted by molar-refractivity contribution is 7.85. The van der Waals surface area contributed by atoms with Gasteiger partial charge in [0, 0.05) is 0 Å². The average molecular weight is 231 g/mol. The van der Waals surface area contributed by atoms with Crippen molar-refractivity contribution in [1.29, 1.82) is 0 Å². The van der Waals surface area contributed by atoms with Crippen molar-refractivity contribution >= 4 is 16.3 Å². The second-order valence-corrected chi connectivity index (χ2v) is 4.51. The Morgan fingerprint density at radius 2 is 2.33 bits per heavy atom. The van der Waals surface area contributed by atoms with Gasteiger partial charge in [0.25, 0.3) is 0 Å². The summed E-state index contributed by atoms with van der Waals surface area (Å²) < 4.78 is 34.1. The van der Waals surface area contributed by atoms with E-state index in [0.717, 1.165) is 12.8 Å². The van der Waals surface area contributed by atoms with Crippen LogP contribution in [0.1, 0.15) is 19.8 Å². The van der Waals surface area contributed by atoms with Crippen molar-refractivity contribution in [3.63, 3.8) is 0 Å². The molecule has 0 aliphatic heterocycles. The minimum atomic E-state index is -4.21. The highest BCUT2D eigenvalue weighted by Gasteiger charge is 2.28. The SMILES string of the molecule is C=Cn1cc[n+](CCCC)c1S(=O)(=O)O. The third-order valence-corrected chi connectivity index (χ3v) is 2.96. The van der Waals surface area contributed by atoms with E-state index in [0.29, 0.717) is 6.54 Å². The van der Waals surface area contributed by atoms with Crippen molar-refractivity contribution in [2.24, 2.45) is 0 Å². The lowest BCUT2D eigenvalue weighted by atomic mass is 10.3. The van der Waals surface area contributed by atoms with E-state index in [1.165, 1.54) is 15.3 Å². The van der Waals surface area contributed by atoms with E-state index in [4.69, 9.17) is 4.55 Å². The summed E-state index contributed by atoms with van der Waals surface area (Å²) in [4.78, 5) is 0. The van der Waals surface area contributed by atoms with E-state index in [2.05, 4.69) is 6.58 Å². The van der Waals surface area contributed by atoms with Crippen LogP contribution in [0.3, 0.4) is 0 Å². The molecule has 0 bridgehead atoms. The first-order valence-electron chi connectivity index (χ1n) is 4.71. The topological polar surface area (TPSA) is 63.2 Å². The van der Waals surface area contributed by atoms with Gasteiger partial charge in [0.05, 0.1) is 12.7 Å². The van der Waals surface area contributed by atoms with Crippen LogP contribution in [0.25, 0.3) is 6.20 Å². The summed E-state index contributed by atoms with van der Waals surface area (Å²) in [6.45, 7) is 6.05. The van der Waals surface area contributed by atoms with Crippen LogP contribution < -0.4 is 4.57 Å². The lowest BCUT2D eigenvalue weighted by Crippen LogP contribution is -2.38. The van der Waals surface area contributed by atoms with Gasteiger partial charge in [0.2, 0.25) is 0 Å². The minimum Gasteiger partial charge on any atom is -0.276 e. The Bertz CT molecular complexity index is 448. The first kappa shape index (κ1) is 11.9. The van der Waals surface area contributed by atoms with Crippen LogP contribution in [-0.2, 0) is 16.7 Å². The quantitative estimate of drug-likeness (QED) is 0.605. The predicted molar refractivity (Wildman–Crippen MR) is 55.7 cm³/mol. The maximum Gasteiger partial charge on any atom is 0.407 e. The minimum absolute atomic E-state index is 0.147. The van der Waals surface area contributed by atoms with Crippen LogP contribution >= 0.6 is 0 Å². The third-order valence-electron chi connectivity index (χ3n) is 2.05. The van der Waals surface area contributed by atoms with Gasteiger partial charge in [-0.1, -0.05) is 19.9 Å². The van der Waals surface area contributed by atoms with Crippen molar-refractivity contribution in [3.05, 3.63) is 19.0 Å². The maximum atomic E-state index is 11.1. The summed E-state index contributed by atoms with van der Waals surface area (Å²) in [6, 6.07) is 0. The summed E-state index contributed by atoms with van der Waals surface area (Å²) in [7, 11) is -4.21. The van der Waals surface area contributed by atoms with Crippen molar-refractivity contribution in [3.8, 4) is 0 Å². The van der Waals surface area contributed by atoms with Crippen LogP contribution in [-0.4, -0.2) is 17.5 Å². The normalized spacial score (nSPS) is 11.6. The Morgan fingerprint density at radius 1 is 1.67 bits per heavy atom. The molecule has 0 saturated heterocycles. The van der Waals surface area contributed by atoms with Crippen LogP contribution in [0, 0.1) is 0 Å². The number of aromatic nitrogens is 2. The Kier molecular flexibility index (Phi) is 3.65. The molecule has 0 saturated carbocycles. The predicted octanol–water partition coefficient (Wildman–Crippen LogP) is 0.923. The zero-order valence-electron chi connectivity index (χ0n) is 8.63. The molecule has 84 valence electrons. The molecule has 0 atom stereocenters. The van der Waals surface area contributed by atoms with Crippen molar-refractivity contribution < 1.29 is 17.5 Å². The van der Waals surface area contributed by atoms with E-state index in [1.54, 1.807) is 12.4 Å². The second kappa shape index (κ2) is 4.59. The summed E-state index contributed by atoms with van der Waals surface area (Å²) >= 11 is 0. The number of imidazole rings is 1. The number of hydrogen-bond donors (Lipinski definition) is 1. The van der Waals surface area contributed by atoms with Crippen molar-refractivity contribution in [2.45, 2.75) is 31.5 Å². The number of nitrogens with zero attached hydrogens (tertiary/aromatic N) is 2. The van der Waals surface area contributed by atoms with E-state index in [9.17, 15) is 8.42 Å². The van der Waals surface area contributed by atoms with Gasteiger partial charge in [-0.05, 0) is 6.42 Å². The van der Waals surface area contributed by atoms with E-state index in [-0.39, 0.29) is 5.16 Å². The highest BCUT2D eigenvalue weighted by Crippen LogP contribution is 2.04. The molecule has 15 heavy (non-hydrogen) atoms. The van der Waals surface area contributed by atoms with Gasteiger partial charge in [-0.3, -0.25) is 4.55 Å². The lowest BCUT2D eigenvalue weighted by molar-refractivity contribution is -0.734. The van der Waals surface area contributed by atoms with Crippen LogP contribution in [0.4, 0.5) is 0 Å². The molecule has 1 aromatic rings. The standard InChI is InChI=1S/C9H14N2O3S/c1-3-5-6-11-8-7-10(4-2)9(11)15(12,13)14/h4,7-8H,2-3,5-6H2,1H3/p+1. The highest BCUT2D eigenvalue weighted by atomic mass is 32.2. The number of hydrogen-bond acceptors (Lipinski definition) is 2. The molecular formula is C9H15N2O3S+. The van der Waals surface area contributed by atoms with E-state index >= 15 is 0 Å². The number of unbranched alkanes of at least 4 members (excludes halogenated alkanes) is 1. The average Bonchev–Trinajstić information content (AvgIpc) is 2.56. The maximum absolute atomic E-state index is 11.1. The van der Waals surface area contributed by atoms with Gasteiger partial charge < -0.3 is 0 Å². The summed E-state index contributed by atoms with van der Waals surface area (Å²) in [6.07, 6.45) is 6.31. The van der Waals surface area contributed by atoms with Crippen LogP contribution in [0.2, 0.25) is 0 Å². The molecule has 1 aromatic heterocycles. The lowest BCUT2D eigenvalue weighted by Gasteiger charge is -1.98. The molecule has 1 rings (SSSR count). The monoisotopic (exact) mass is 231 g/mol. The molecule has 0 aromatic carbocycles. The van der Waals surface area contributed by atoms with E-state index < -0.39 is 10.1 Å². The molecule has 0 amide bonds. The molecule has 1 N–H and O–H groups in total. The first-order chi connectivity index (χ1) is 7.00. The molecule has 6 heteroatoms. The van der Waals surface area contributed by atoms with Crippen molar-refractivity contribution in [1.82, 2.24) is 4.57 Å². The summed E-state index contributed by atoms with van der Waals surface area (Å²) in [5.41, 5.74) is 0. The second-order valence-electron chi connectivity index (χ2n) is 3.19. The van der Waals surface area contributed by atoms with Crippen molar-refractivity contribution in [2.75, 3.05) is 0 Å². The molecule has 0 spiro atoms. The summed E-state index contributed by atoms with van der Waals surface area (Å²) in [5, 5.41) is -0.147. The Morgan fingerprint density at radius 3 is 2.80 bits per heavy atom. The van der Waals surface area contributed by atoms with Gasteiger partial charge in [0.1, 0.15) is 12.4 Å². The zero-order valence-corrected chi connectivity index (χ0v) is 9.44. The Balaban J connectivity index is 3.18. The number of aryl methyl sites for hydroxylation is 1. The molecule has 0 unspecified atom stereocenters. The van der Waals surface area contributed by atoms with Gasteiger partial charge in [-0.15, -0.1) is 0 Å². The van der Waals surface area contributed by atoms with Gasteiger partial charge in [-0.2, -0.15) is 13.0 Å². The molecule has 0 fully saturated rings. The van der Waals surface area contributed by atoms with Gasteiger partial charge in [0.15, 0.2) is 0 Å². The fourth-order valence-electron chi connectivity index (χ4n) is 1.35. The largest absolute Gasteiger partial charge is 0.407 e. The molecular weight excluding hydrogens is 216 g/mol. The molecule has 0 aliphatic rings. The summed E-state index contributed by atoms with van der Waals surface area (Å²) in [5.74, 6) is 0. The smallest absolute Gasteiger partial charge is 0.276 e. The molecule has 0 aliphatic carbocycles. The van der Waals surface area contributed by atoms with Crippen LogP contribution in [0.5, 0.6) is 0 Å². The van der Waals surface area contributed by atoms with Gasteiger partial charge >= 0.3 is 15.3 Å². The van der Waals surface area contributed by atoms with E-state index in [1.807, 2.05) is 6.92 Å². The fourth-order valence-corrected chi connectivity index (χ4v) is 2.20. The molecule has 1 heterocycles. The number of rotatable bonds is 5. The van der Waals surface area contributed by atoms with Gasteiger partial charge in [-0.25, -0.2) is 4.57 Å². The third kappa shape index (κ3) is 2.66.